The first-order valence-corrected chi connectivity index (χ1v) is 5.52. The van der Waals surface area contributed by atoms with Crippen LogP contribution in [0.3, 0.4) is 0 Å². The van der Waals surface area contributed by atoms with Gasteiger partial charge in [0.05, 0.1) is 0 Å². The third-order valence-electron chi connectivity index (χ3n) is 0.583. The lowest BCUT2D eigenvalue weighted by atomic mass is 10.5. The van der Waals surface area contributed by atoms with Gasteiger partial charge in [0.1, 0.15) is 0 Å². The summed E-state index contributed by atoms with van der Waals surface area (Å²) in [5, 5.41) is 0. The van der Waals surface area contributed by atoms with Gasteiger partial charge in [-0.1, -0.05) is 25.2 Å². The van der Waals surface area contributed by atoms with Crippen LogP contribution >= 0.6 is 11.1 Å². The van der Waals surface area contributed by atoms with E-state index in [0.29, 0.717) is 0 Å². The highest BCUT2D eigenvalue weighted by atomic mass is 35.6. The molecule has 0 aromatic heterocycles. The number of rotatable bonds is 2. The van der Waals surface area contributed by atoms with Crippen LogP contribution in [0.25, 0.3) is 0 Å². The summed E-state index contributed by atoms with van der Waals surface area (Å²) < 4.78 is 0. The van der Waals surface area contributed by atoms with Crippen molar-refractivity contribution < 1.29 is 0 Å². The molecule has 2 heteroatoms. The molecule has 0 atom stereocenters. The first-order chi connectivity index (χ1) is 3.27. The second kappa shape index (κ2) is 4.41. The van der Waals surface area contributed by atoms with Crippen LogP contribution in [0, 0.1) is 0 Å². The molecule has 0 saturated carbocycles. The Morgan fingerprint density at radius 3 is 2.43 bits per heavy atom. The van der Waals surface area contributed by atoms with E-state index >= 15 is 0 Å². The Morgan fingerprint density at radius 2 is 2.29 bits per heavy atom. The highest BCUT2D eigenvalue weighted by molar-refractivity contribution is 7.09. The zero-order valence-corrected chi connectivity index (χ0v) is 6.50. The summed E-state index contributed by atoms with van der Waals surface area (Å²) in [5.74, 6) is 0. The normalized spacial score (nSPS) is 11.4. The number of hydrogen-bond acceptors (Lipinski definition) is 0. The van der Waals surface area contributed by atoms with Gasteiger partial charge >= 0.3 is 0 Å². The summed E-state index contributed by atoms with van der Waals surface area (Å²) >= 11 is 5.67. The summed E-state index contributed by atoms with van der Waals surface area (Å²) in [7, 11) is -0.606. The van der Waals surface area contributed by atoms with Gasteiger partial charge in [-0.25, -0.2) is 0 Å². The van der Waals surface area contributed by atoms with Gasteiger partial charge in [0.15, 0.2) is 8.11 Å². The fourth-order valence-electron chi connectivity index (χ4n) is 0.280. The molecule has 0 heterocycles. The van der Waals surface area contributed by atoms with E-state index in [1.807, 2.05) is 0 Å². The minimum absolute atomic E-state index is 0.606. The summed E-state index contributed by atoms with van der Waals surface area (Å²) in [6.07, 6.45) is 3.22. The van der Waals surface area contributed by atoms with E-state index in [4.69, 9.17) is 11.1 Å². The van der Waals surface area contributed by atoms with Crippen LogP contribution in [-0.2, 0) is 0 Å². The summed E-state index contributed by atoms with van der Waals surface area (Å²) in [6.45, 7) is 4.16. The van der Waals surface area contributed by atoms with E-state index in [1.54, 1.807) is 0 Å². The molecule has 41 valence electrons. The van der Waals surface area contributed by atoms with Crippen LogP contribution in [0.5, 0.6) is 0 Å². The van der Waals surface area contributed by atoms with Gasteiger partial charge in [-0.3, -0.25) is 0 Å². The van der Waals surface area contributed by atoms with Crippen molar-refractivity contribution in [3.05, 3.63) is 11.8 Å². The molecule has 7 heavy (non-hydrogen) atoms. The van der Waals surface area contributed by atoms with Gasteiger partial charge in [-0.2, -0.15) is 11.1 Å². The fraction of sp³-hybridized carbons (Fsp3) is 0.600. The molecule has 0 unspecified atom stereocenters. The van der Waals surface area contributed by atoms with Crippen LogP contribution in [0.15, 0.2) is 11.8 Å². The van der Waals surface area contributed by atoms with E-state index in [2.05, 4.69) is 25.2 Å². The van der Waals surface area contributed by atoms with E-state index < -0.39 is 8.11 Å². The molecule has 1 radical (unpaired) electrons. The molecular formula is C5H10ClSi. The lowest BCUT2D eigenvalue weighted by Gasteiger charge is -1.82. The zero-order chi connectivity index (χ0) is 5.70. The largest absolute Gasteiger partial charge is 0.188 e. The van der Waals surface area contributed by atoms with Crippen LogP contribution in [0.4, 0.5) is 0 Å². The van der Waals surface area contributed by atoms with Crippen molar-refractivity contribution in [1.29, 1.82) is 0 Å². The molecule has 0 aliphatic carbocycles. The van der Waals surface area contributed by atoms with Crippen molar-refractivity contribution in [2.45, 2.75) is 19.9 Å². The third kappa shape index (κ3) is 6.25. The molecule has 0 bridgehead atoms. The maximum absolute atomic E-state index is 5.67. The van der Waals surface area contributed by atoms with Crippen molar-refractivity contribution in [3.63, 3.8) is 0 Å². The predicted octanol–water partition coefficient (Wildman–Crippen LogP) is 2.35. The van der Waals surface area contributed by atoms with Crippen LogP contribution < -0.4 is 0 Å². The second-order valence-electron chi connectivity index (χ2n) is 1.40. The molecule has 0 amide bonds. The quantitative estimate of drug-likeness (QED) is 0.401. The number of allylic oxidation sites excluding steroid dienone is 1. The number of hydrogen-bond donors (Lipinski definition) is 0. The maximum Gasteiger partial charge on any atom is 0.188 e. The van der Waals surface area contributed by atoms with Crippen molar-refractivity contribution in [3.8, 4) is 0 Å². The lowest BCUT2D eigenvalue weighted by molar-refractivity contribution is 1.23. The molecule has 0 aliphatic heterocycles. The smallest absolute Gasteiger partial charge is 0.164 e. The molecular weight excluding hydrogens is 124 g/mol. The Kier molecular flexibility index (Phi) is 4.56. The lowest BCUT2D eigenvalue weighted by Crippen LogP contribution is -1.86. The van der Waals surface area contributed by atoms with E-state index in [0.717, 1.165) is 6.42 Å². The standard InChI is InChI=1S/C5H10ClSi/c1-3-4-5-7(2)6/h4-5H,3H2,1-2H3. The van der Waals surface area contributed by atoms with Crippen molar-refractivity contribution in [2.75, 3.05) is 0 Å². The van der Waals surface area contributed by atoms with Gasteiger partial charge in [0.2, 0.25) is 0 Å². The van der Waals surface area contributed by atoms with Gasteiger partial charge in [-0.05, 0) is 6.42 Å². The molecule has 0 aromatic carbocycles. The van der Waals surface area contributed by atoms with Gasteiger partial charge < -0.3 is 0 Å². The van der Waals surface area contributed by atoms with Gasteiger partial charge in [0, 0.05) is 0 Å². The van der Waals surface area contributed by atoms with Crippen molar-refractivity contribution >= 4 is 19.2 Å². The molecule has 0 aromatic rings. The van der Waals surface area contributed by atoms with E-state index in [1.165, 1.54) is 0 Å². The minimum atomic E-state index is -0.606. The molecule has 0 spiro atoms. The molecule has 0 fully saturated rings. The topological polar surface area (TPSA) is 0 Å². The average Bonchev–Trinajstić information content (AvgIpc) is 1.61. The second-order valence-corrected chi connectivity index (χ2v) is 4.69. The summed E-state index contributed by atoms with van der Waals surface area (Å²) in [6, 6.07) is 0. The predicted molar refractivity (Wildman–Crippen MR) is 36.9 cm³/mol. The molecule has 0 saturated heterocycles. The zero-order valence-electron chi connectivity index (χ0n) is 4.74. The SMILES string of the molecule is CCC=C[Si](C)Cl. The highest BCUT2D eigenvalue weighted by Gasteiger charge is 1.86. The minimum Gasteiger partial charge on any atom is -0.164 e. The Labute approximate surface area is 51.5 Å². The molecule has 0 rings (SSSR count). The van der Waals surface area contributed by atoms with E-state index in [9.17, 15) is 0 Å². The fourth-order valence-corrected chi connectivity index (χ4v) is 1.11. The molecule has 0 N–H and O–H groups in total. The first-order valence-electron chi connectivity index (χ1n) is 2.43. The van der Waals surface area contributed by atoms with Crippen LogP contribution in [0.1, 0.15) is 13.3 Å². The average molecular weight is 134 g/mol. The Bertz CT molecular complexity index is 59.1. The highest BCUT2D eigenvalue weighted by Crippen LogP contribution is 1.90. The Hall–Kier alpha value is 0.247. The summed E-state index contributed by atoms with van der Waals surface area (Å²) in [4.78, 5) is 0. The Morgan fingerprint density at radius 1 is 1.71 bits per heavy atom. The van der Waals surface area contributed by atoms with Crippen molar-refractivity contribution in [2.24, 2.45) is 0 Å². The Balaban J connectivity index is 3.08. The molecule has 0 aliphatic rings. The van der Waals surface area contributed by atoms with Crippen LogP contribution in [-0.4, -0.2) is 8.11 Å². The summed E-state index contributed by atoms with van der Waals surface area (Å²) in [5.41, 5.74) is 2.09. The molecule has 0 nitrogen and oxygen atoms in total. The van der Waals surface area contributed by atoms with Crippen LogP contribution in [0.2, 0.25) is 6.55 Å². The first kappa shape index (κ1) is 7.25. The maximum atomic E-state index is 5.67. The third-order valence-corrected chi connectivity index (χ3v) is 1.66. The van der Waals surface area contributed by atoms with Crippen molar-refractivity contribution in [1.82, 2.24) is 0 Å². The van der Waals surface area contributed by atoms with Gasteiger partial charge in [-0.15, -0.1) is 0 Å². The monoisotopic (exact) mass is 133 g/mol. The number of halogens is 1. The van der Waals surface area contributed by atoms with Gasteiger partial charge in [0.25, 0.3) is 0 Å². The van der Waals surface area contributed by atoms with E-state index in [-0.39, 0.29) is 0 Å².